The molecule has 1 atom stereocenters. The van der Waals surface area contributed by atoms with Gasteiger partial charge in [-0.05, 0) is 63.6 Å². The number of nitrogens with one attached hydrogen (secondary N) is 2. The second-order valence-corrected chi connectivity index (χ2v) is 11.9. The lowest BCUT2D eigenvalue weighted by Crippen LogP contribution is -2.57. The number of nitrogens with zero attached hydrogens (tertiary/aromatic N) is 2. The van der Waals surface area contributed by atoms with Crippen LogP contribution in [0.1, 0.15) is 62.4 Å². The molecule has 2 saturated heterocycles. The summed E-state index contributed by atoms with van der Waals surface area (Å²) in [6, 6.07) is 5.79. The lowest BCUT2D eigenvalue weighted by Gasteiger charge is -2.39. The van der Waals surface area contributed by atoms with Crippen LogP contribution in [0.2, 0.25) is 0 Å². The molecular weight excluding hydrogens is 468 g/mol. The minimum atomic E-state index is -3.16. The van der Waals surface area contributed by atoms with E-state index in [1.54, 1.807) is 16.1 Å². The molecule has 35 heavy (non-hydrogen) atoms. The molecule has 196 valence electrons. The molecule has 2 amide bonds. The molecule has 0 radical (unpaired) electrons. The average Bonchev–Trinajstić information content (AvgIpc) is 2.82. The summed E-state index contributed by atoms with van der Waals surface area (Å²) in [7, 11) is -3.16. The summed E-state index contributed by atoms with van der Waals surface area (Å²) < 4.78 is 31.0. The van der Waals surface area contributed by atoms with E-state index in [1.807, 2.05) is 32.0 Å². The van der Waals surface area contributed by atoms with Crippen LogP contribution in [-0.4, -0.2) is 80.2 Å². The van der Waals surface area contributed by atoms with Gasteiger partial charge in [0.2, 0.25) is 10.0 Å². The molecule has 2 N–H and O–H groups in total. The van der Waals surface area contributed by atoms with Gasteiger partial charge in [0.1, 0.15) is 0 Å². The number of rotatable bonds is 10. The maximum Gasteiger partial charge on any atom is 0.409 e. The van der Waals surface area contributed by atoms with Crippen molar-refractivity contribution in [3.63, 3.8) is 0 Å². The number of unbranched alkanes of at least 4 members (excludes halogenated alkanes) is 1. The zero-order valence-electron chi connectivity index (χ0n) is 21.4. The van der Waals surface area contributed by atoms with Crippen molar-refractivity contribution in [2.45, 2.75) is 65.5 Å². The average molecular weight is 509 g/mol. The number of piperidine rings is 1. The van der Waals surface area contributed by atoms with E-state index >= 15 is 0 Å². The number of hydrogen-bond acceptors (Lipinski definition) is 6. The van der Waals surface area contributed by atoms with Crippen molar-refractivity contribution in [3.8, 4) is 0 Å². The Kier molecular flexibility index (Phi) is 9.40. The first kappa shape index (κ1) is 27.3. The number of hydrogen-bond donors (Lipinski definition) is 2. The van der Waals surface area contributed by atoms with Gasteiger partial charge in [-0.25, -0.2) is 17.5 Å². The van der Waals surface area contributed by atoms with Crippen molar-refractivity contribution >= 4 is 27.7 Å². The van der Waals surface area contributed by atoms with Crippen molar-refractivity contribution in [2.75, 3.05) is 43.9 Å². The molecule has 0 bridgehead atoms. The van der Waals surface area contributed by atoms with Crippen molar-refractivity contribution in [3.05, 3.63) is 29.3 Å². The largest absolute Gasteiger partial charge is 0.449 e. The summed E-state index contributed by atoms with van der Waals surface area (Å²) in [5.74, 6) is 0.231. The van der Waals surface area contributed by atoms with Crippen LogP contribution in [0.5, 0.6) is 0 Å². The van der Waals surface area contributed by atoms with Gasteiger partial charge >= 0.3 is 6.09 Å². The second kappa shape index (κ2) is 12.1. The molecule has 0 saturated carbocycles. The van der Waals surface area contributed by atoms with Crippen molar-refractivity contribution in [2.24, 2.45) is 5.92 Å². The maximum absolute atomic E-state index is 13.1. The molecular formula is C25H40N4O5S. The Bertz CT molecular complexity index is 986. The van der Waals surface area contributed by atoms with Gasteiger partial charge in [-0.15, -0.1) is 0 Å². The number of aryl methyl sites for hydroxylation is 1. The van der Waals surface area contributed by atoms with E-state index in [2.05, 4.69) is 17.6 Å². The van der Waals surface area contributed by atoms with E-state index in [1.165, 1.54) is 0 Å². The van der Waals surface area contributed by atoms with E-state index in [-0.39, 0.29) is 35.8 Å². The maximum atomic E-state index is 13.1. The predicted octanol–water partition coefficient (Wildman–Crippen LogP) is 3.21. The normalized spacial score (nSPS) is 18.6. The molecule has 3 rings (SSSR count). The molecule has 0 aliphatic carbocycles. The molecule has 1 unspecified atom stereocenters. The number of benzene rings is 1. The SMILES string of the molecule is CCCCOC(=O)N1CC(Nc2ccc(C)c(C(=O)NC(C)C3CCN(S(=O)(=O)CC)CC3)c2)C1. The third-order valence-electron chi connectivity index (χ3n) is 7.04. The highest BCUT2D eigenvalue weighted by Gasteiger charge is 2.32. The number of ether oxygens (including phenoxy) is 1. The zero-order valence-corrected chi connectivity index (χ0v) is 22.2. The third-order valence-corrected chi connectivity index (χ3v) is 8.92. The fourth-order valence-electron chi connectivity index (χ4n) is 4.55. The molecule has 2 fully saturated rings. The van der Waals surface area contributed by atoms with Gasteiger partial charge in [0.15, 0.2) is 0 Å². The molecule has 1 aromatic carbocycles. The molecule has 2 aliphatic rings. The Morgan fingerprint density at radius 3 is 2.49 bits per heavy atom. The molecule has 10 heteroatoms. The van der Waals surface area contributed by atoms with Crippen LogP contribution in [0, 0.1) is 12.8 Å². The van der Waals surface area contributed by atoms with Crippen LogP contribution >= 0.6 is 0 Å². The van der Waals surface area contributed by atoms with Gasteiger partial charge in [0.25, 0.3) is 5.91 Å². The highest BCUT2D eigenvalue weighted by Crippen LogP contribution is 2.24. The molecule has 1 aromatic rings. The molecule has 2 aliphatic heterocycles. The molecule has 0 spiro atoms. The summed E-state index contributed by atoms with van der Waals surface area (Å²) in [4.78, 5) is 26.7. The van der Waals surface area contributed by atoms with Crippen LogP contribution in [0.15, 0.2) is 18.2 Å². The first-order valence-electron chi connectivity index (χ1n) is 12.7. The number of anilines is 1. The molecule has 9 nitrogen and oxygen atoms in total. The number of sulfonamides is 1. The van der Waals surface area contributed by atoms with Crippen LogP contribution in [0.25, 0.3) is 0 Å². The minimum Gasteiger partial charge on any atom is -0.449 e. The Balaban J connectivity index is 1.50. The second-order valence-electron chi connectivity index (χ2n) is 9.64. The summed E-state index contributed by atoms with van der Waals surface area (Å²) in [6.45, 7) is 10.2. The first-order valence-corrected chi connectivity index (χ1v) is 14.3. The van der Waals surface area contributed by atoms with Crippen LogP contribution < -0.4 is 10.6 Å². The number of likely N-dealkylation sites (tertiary alicyclic amines) is 1. The summed E-state index contributed by atoms with van der Waals surface area (Å²) in [6.07, 6.45) is 3.06. The van der Waals surface area contributed by atoms with E-state index < -0.39 is 10.0 Å². The third kappa shape index (κ3) is 7.10. The van der Waals surface area contributed by atoms with Crippen molar-refractivity contribution in [1.82, 2.24) is 14.5 Å². The Labute approximate surface area is 209 Å². The van der Waals surface area contributed by atoms with Gasteiger partial charge < -0.3 is 20.3 Å². The lowest BCUT2D eigenvalue weighted by atomic mass is 9.91. The Hall–Kier alpha value is -2.33. The Morgan fingerprint density at radius 1 is 1.17 bits per heavy atom. The molecule has 0 aromatic heterocycles. The lowest BCUT2D eigenvalue weighted by molar-refractivity contribution is 0.0748. The van der Waals surface area contributed by atoms with E-state index in [9.17, 15) is 18.0 Å². The van der Waals surface area contributed by atoms with Crippen LogP contribution in [0.4, 0.5) is 10.5 Å². The minimum absolute atomic E-state index is 0.0519. The highest BCUT2D eigenvalue weighted by molar-refractivity contribution is 7.89. The van der Waals surface area contributed by atoms with Crippen molar-refractivity contribution < 1.29 is 22.7 Å². The van der Waals surface area contributed by atoms with Crippen LogP contribution in [0.3, 0.4) is 0 Å². The zero-order chi connectivity index (χ0) is 25.6. The number of amides is 2. The van der Waals surface area contributed by atoms with Gasteiger partial charge in [-0.2, -0.15) is 0 Å². The van der Waals surface area contributed by atoms with E-state index in [0.717, 1.165) is 36.9 Å². The van der Waals surface area contributed by atoms with Crippen LogP contribution in [-0.2, 0) is 14.8 Å². The fourth-order valence-corrected chi connectivity index (χ4v) is 5.68. The smallest absolute Gasteiger partial charge is 0.409 e. The standard InChI is InChI=1S/C25H40N4O5S/c1-5-7-14-34-25(31)28-16-22(17-28)27-21-9-8-18(3)23(15-21)24(30)26-19(4)20-10-12-29(13-11-20)35(32,33)6-2/h8-9,15,19-20,22,27H,5-7,10-14,16-17H2,1-4H3,(H,26,30). The van der Waals surface area contributed by atoms with Gasteiger partial charge in [-0.3, -0.25) is 4.79 Å². The van der Waals surface area contributed by atoms with Crippen molar-refractivity contribution in [1.29, 1.82) is 0 Å². The number of carbonyl (C=O) groups excluding carboxylic acids is 2. The number of carbonyl (C=O) groups is 2. The summed E-state index contributed by atoms with van der Waals surface area (Å²) in [5, 5.41) is 6.53. The quantitative estimate of drug-likeness (QED) is 0.470. The topological polar surface area (TPSA) is 108 Å². The monoisotopic (exact) mass is 508 g/mol. The summed E-state index contributed by atoms with van der Waals surface area (Å²) >= 11 is 0. The van der Waals surface area contributed by atoms with E-state index in [0.29, 0.717) is 38.3 Å². The Morgan fingerprint density at radius 2 is 1.86 bits per heavy atom. The van der Waals surface area contributed by atoms with E-state index in [4.69, 9.17) is 4.74 Å². The summed E-state index contributed by atoms with van der Waals surface area (Å²) in [5.41, 5.74) is 2.34. The predicted molar refractivity (Wildman–Crippen MR) is 137 cm³/mol. The van der Waals surface area contributed by atoms with Gasteiger partial charge in [0, 0.05) is 43.5 Å². The highest BCUT2D eigenvalue weighted by atomic mass is 32.2. The van der Waals surface area contributed by atoms with Gasteiger partial charge in [0.05, 0.1) is 18.4 Å². The molecule has 2 heterocycles. The first-order chi connectivity index (χ1) is 16.6. The fraction of sp³-hybridized carbons (Fsp3) is 0.680. The van der Waals surface area contributed by atoms with Gasteiger partial charge in [-0.1, -0.05) is 19.4 Å².